The maximum Gasteiger partial charge on any atom is 0.242 e. The molecule has 1 N–H and O–H groups in total. The summed E-state index contributed by atoms with van der Waals surface area (Å²) in [6.45, 7) is 11.1. The molecule has 0 heterocycles. The zero-order chi connectivity index (χ0) is 21.4. The predicted octanol–water partition coefficient (Wildman–Crippen LogP) is 4.43. The molecular formula is C25H34N2O2. The first-order chi connectivity index (χ1) is 13.8. The molecule has 1 atom stereocenters. The van der Waals surface area contributed by atoms with Gasteiger partial charge in [-0.3, -0.25) is 9.59 Å². The average molecular weight is 395 g/mol. The number of nitrogens with zero attached hydrogens (tertiary/aromatic N) is 1. The molecule has 29 heavy (non-hydrogen) atoms. The molecule has 4 heteroatoms. The summed E-state index contributed by atoms with van der Waals surface area (Å²) in [6.07, 6.45) is 1.06. The van der Waals surface area contributed by atoms with Crippen LogP contribution in [-0.2, 0) is 22.6 Å². The summed E-state index contributed by atoms with van der Waals surface area (Å²) in [5, 5.41) is 2.96. The van der Waals surface area contributed by atoms with Crippen molar-refractivity contribution in [3.05, 3.63) is 70.8 Å². The molecule has 2 aromatic carbocycles. The zero-order valence-electron chi connectivity index (χ0n) is 18.4. The molecule has 156 valence electrons. The predicted molar refractivity (Wildman–Crippen MR) is 119 cm³/mol. The molecule has 0 radical (unpaired) electrons. The number of amides is 2. The third kappa shape index (κ3) is 7.37. The Morgan fingerprint density at radius 3 is 1.90 bits per heavy atom. The van der Waals surface area contributed by atoms with E-state index in [1.807, 2.05) is 38.1 Å². The van der Waals surface area contributed by atoms with Gasteiger partial charge in [-0.1, -0.05) is 73.5 Å². The van der Waals surface area contributed by atoms with Crippen LogP contribution in [0.15, 0.2) is 48.5 Å². The summed E-state index contributed by atoms with van der Waals surface area (Å²) in [5.41, 5.74) is 4.55. The van der Waals surface area contributed by atoms with Crippen molar-refractivity contribution >= 4 is 11.8 Å². The van der Waals surface area contributed by atoms with Crippen molar-refractivity contribution in [2.75, 3.05) is 6.54 Å². The molecule has 0 aliphatic rings. The third-order valence-electron chi connectivity index (χ3n) is 5.07. The van der Waals surface area contributed by atoms with Gasteiger partial charge in [-0.2, -0.15) is 0 Å². The van der Waals surface area contributed by atoms with E-state index in [1.54, 1.807) is 4.90 Å². The molecule has 0 saturated heterocycles. The second-order valence-corrected chi connectivity index (χ2v) is 8.31. The standard InChI is InChI=1S/C25H34N2O2/c1-18(2)16-26-25(29)21(5)27(17-23-12-8-20(4)9-13-23)24(28)15-14-22-10-6-19(3)7-11-22/h6-13,18,21H,14-17H2,1-5H3,(H,26,29)/t21-/m0/s1. The number of nitrogens with one attached hydrogen (secondary N) is 1. The Hall–Kier alpha value is -2.62. The first-order valence-corrected chi connectivity index (χ1v) is 10.4. The van der Waals surface area contributed by atoms with Crippen LogP contribution in [0.1, 0.15) is 49.4 Å². The highest BCUT2D eigenvalue weighted by molar-refractivity contribution is 5.87. The summed E-state index contributed by atoms with van der Waals surface area (Å²) < 4.78 is 0. The van der Waals surface area contributed by atoms with Crippen LogP contribution < -0.4 is 5.32 Å². The van der Waals surface area contributed by atoms with E-state index >= 15 is 0 Å². The van der Waals surface area contributed by atoms with E-state index in [1.165, 1.54) is 11.1 Å². The van der Waals surface area contributed by atoms with Crippen LogP contribution in [0.5, 0.6) is 0 Å². The highest BCUT2D eigenvalue weighted by atomic mass is 16.2. The Morgan fingerprint density at radius 1 is 0.862 bits per heavy atom. The van der Waals surface area contributed by atoms with E-state index in [0.717, 1.165) is 11.1 Å². The highest BCUT2D eigenvalue weighted by Crippen LogP contribution is 2.14. The minimum absolute atomic E-state index is 0.00153. The fourth-order valence-corrected chi connectivity index (χ4v) is 3.07. The molecule has 2 rings (SSSR count). The van der Waals surface area contributed by atoms with Crippen molar-refractivity contribution in [1.29, 1.82) is 0 Å². The lowest BCUT2D eigenvalue weighted by Gasteiger charge is -2.29. The second kappa shape index (κ2) is 10.8. The van der Waals surface area contributed by atoms with Crippen LogP contribution in [0, 0.1) is 19.8 Å². The van der Waals surface area contributed by atoms with Gasteiger partial charge in [0.1, 0.15) is 6.04 Å². The van der Waals surface area contributed by atoms with Gasteiger partial charge in [0.25, 0.3) is 0 Å². The molecule has 2 amide bonds. The maximum absolute atomic E-state index is 13.1. The van der Waals surface area contributed by atoms with Gasteiger partial charge in [0, 0.05) is 19.5 Å². The van der Waals surface area contributed by atoms with Crippen LogP contribution >= 0.6 is 0 Å². The Bertz CT molecular complexity index is 795. The number of hydrogen-bond acceptors (Lipinski definition) is 2. The quantitative estimate of drug-likeness (QED) is 0.684. The van der Waals surface area contributed by atoms with Crippen molar-refractivity contribution in [3.63, 3.8) is 0 Å². The lowest BCUT2D eigenvalue weighted by Crippen LogP contribution is -2.48. The topological polar surface area (TPSA) is 49.4 Å². The maximum atomic E-state index is 13.1. The van der Waals surface area contributed by atoms with Gasteiger partial charge >= 0.3 is 0 Å². The summed E-state index contributed by atoms with van der Waals surface area (Å²) in [7, 11) is 0. The van der Waals surface area contributed by atoms with Crippen LogP contribution in [0.25, 0.3) is 0 Å². The third-order valence-corrected chi connectivity index (χ3v) is 5.07. The van der Waals surface area contributed by atoms with E-state index in [-0.39, 0.29) is 11.8 Å². The lowest BCUT2D eigenvalue weighted by atomic mass is 10.1. The number of benzene rings is 2. The van der Waals surface area contributed by atoms with Gasteiger partial charge < -0.3 is 10.2 Å². The van der Waals surface area contributed by atoms with Gasteiger partial charge in [-0.15, -0.1) is 0 Å². The fourth-order valence-electron chi connectivity index (χ4n) is 3.07. The van der Waals surface area contributed by atoms with E-state index < -0.39 is 6.04 Å². The second-order valence-electron chi connectivity index (χ2n) is 8.31. The Labute approximate surface area is 175 Å². The molecule has 0 fully saturated rings. The van der Waals surface area contributed by atoms with Crippen LogP contribution in [0.2, 0.25) is 0 Å². The van der Waals surface area contributed by atoms with E-state index in [9.17, 15) is 9.59 Å². The van der Waals surface area contributed by atoms with Gasteiger partial charge in [0.15, 0.2) is 0 Å². The van der Waals surface area contributed by atoms with Crippen molar-refractivity contribution in [1.82, 2.24) is 10.2 Å². The van der Waals surface area contributed by atoms with Crippen molar-refractivity contribution < 1.29 is 9.59 Å². The zero-order valence-corrected chi connectivity index (χ0v) is 18.4. The van der Waals surface area contributed by atoms with Crippen molar-refractivity contribution in [2.45, 2.75) is 60.0 Å². The van der Waals surface area contributed by atoms with Crippen LogP contribution in [-0.4, -0.2) is 29.3 Å². The van der Waals surface area contributed by atoms with Crippen LogP contribution in [0.3, 0.4) is 0 Å². The number of hydrogen-bond donors (Lipinski definition) is 1. The molecular weight excluding hydrogens is 360 g/mol. The fraction of sp³-hybridized carbons (Fsp3) is 0.440. The SMILES string of the molecule is Cc1ccc(CCC(=O)N(Cc2ccc(C)cc2)[C@@H](C)C(=O)NCC(C)C)cc1. The van der Waals surface area contributed by atoms with E-state index in [0.29, 0.717) is 31.8 Å². The molecule has 4 nitrogen and oxygen atoms in total. The van der Waals surface area contributed by atoms with E-state index in [2.05, 4.69) is 50.4 Å². The number of rotatable bonds is 9. The summed E-state index contributed by atoms with van der Waals surface area (Å²) in [5.74, 6) is 0.266. The normalized spacial score (nSPS) is 11.9. The van der Waals surface area contributed by atoms with Crippen LogP contribution in [0.4, 0.5) is 0 Å². The molecule has 0 aliphatic heterocycles. The molecule has 0 aromatic heterocycles. The monoisotopic (exact) mass is 394 g/mol. The highest BCUT2D eigenvalue weighted by Gasteiger charge is 2.25. The minimum Gasteiger partial charge on any atom is -0.354 e. The Kier molecular flexibility index (Phi) is 8.44. The number of carbonyl (C=O) groups is 2. The first-order valence-electron chi connectivity index (χ1n) is 10.4. The van der Waals surface area contributed by atoms with Gasteiger partial charge in [-0.05, 0) is 44.2 Å². The molecule has 2 aromatic rings. The minimum atomic E-state index is -0.513. The molecule has 0 unspecified atom stereocenters. The molecule has 0 saturated carbocycles. The lowest BCUT2D eigenvalue weighted by molar-refractivity contribution is -0.140. The van der Waals surface area contributed by atoms with Gasteiger partial charge in [-0.25, -0.2) is 0 Å². The molecule has 0 bridgehead atoms. The summed E-state index contributed by atoms with van der Waals surface area (Å²) in [4.78, 5) is 27.4. The van der Waals surface area contributed by atoms with E-state index in [4.69, 9.17) is 0 Å². The average Bonchev–Trinajstić information content (AvgIpc) is 2.70. The summed E-state index contributed by atoms with van der Waals surface area (Å²) in [6, 6.07) is 15.8. The Morgan fingerprint density at radius 2 is 1.38 bits per heavy atom. The number of carbonyl (C=O) groups excluding carboxylic acids is 2. The summed E-state index contributed by atoms with van der Waals surface area (Å²) >= 11 is 0. The smallest absolute Gasteiger partial charge is 0.242 e. The number of aryl methyl sites for hydroxylation is 3. The molecule has 0 spiro atoms. The van der Waals surface area contributed by atoms with Crippen molar-refractivity contribution in [3.8, 4) is 0 Å². The first kappa shape index (κ1) is 22.7. The largest absolute Gasteiger partial charge is 0.354 e. The molecule has 0 aliphatic carbocycles. The van der Waals surface area contributed by atoms with Gasteiger partial charge in [0.05, 0.1) is 0 Å². The van der Waals surface area contributed by atoms with Crippen molar-refractivity contribution in [2.24, 2.45) is 5.92 Å². The Balaban J connectivity index is 2.10. The van der Waals surface area contributed by atoms with Gasteiger partial charge in [0.2, 0.25) is 11.8 Å².